The van der Waals surface area contributed by atoms with E-state index in [1.165, 1.54) is 37.7 Å². The summed E-state index contributed by atoms with van der Waals surface area (Å²) in [6.45, 7) is 0. The number of benzene rings is 1. The molecule has 2 aromatic rings. The summed E-state index contributed by atoms with van der Waals surface area (Å²) in [5, 5.41) is 0. The van der Waals surface area contributed by atoms with Crippen LogP contribution in [0.5, 0.6) is 0 Å². The fourth-order valence-electron chi connectivity index (χ4n) is 1.78. The highest BCUT2D eigenvalue weighted by Gasteiger charge is 2.30. The maximum atomic E-state index is 12.7. The number of esters is 1. The van der Waals surface area contributed by atoms with Crippen LogP contribution in [0.1, 0.15) is 15.9 Å². The van der Waals surface area contributed by atoms with E-state index in [-0.39, 0.29) is 11.1 Å². The largest absolute Gasteiger partial charge is 0.465 e. The van der Waals surface area contributed by atoms with E-state index in [2.05, 4.69) is 9.72 Å². The van der Waals surface area contributed by atoms with Crippen LogP contribution in [0.25, 0.3) is 11.1 Å². The van der Waals surface area contributed by atoms with E-state index in [0.29, 0.717) is 5.56 Å². The Labute approximate surface area is 113 Å². The van der Waals surface area contributed by atoms with Crippen LogP contribution in [0.15, 0.2) is 42.7 Å². The molecule has 1 aromatic carbocycles. The molecule has 0 fully saturated rings. The van der Waals surface area contributed by atoms with Crippen LogP contribution in [-0.4, -0.2) is 18.1 Å². The standard InChI is InChI=1S/C14H10F3NO2/c1-20-13(19)11-5-6-18-8-12(11)9-3-2-4-10(7-9)14(15,16)17/h2-8H,1H3. The predicted molar refractivity (Wildman–Crippen MR) is 66.0 cm³/mol. The van der Waals surface area contributed by atoms with Crippen LogP contribution in [0, 0.1) is 0 Å². The fourth-order valence-corrected chi connectivity index (χ4v) is 1.78. The number of hydrogen-bond donors (Lipinski definition) is 0. The lowest BCUT2D eigenvalue weighted by Crippen LogP contribution is -2.06. The Balaban J connectivity index is 2.55. The highest BCUT2D eigenvalue weighted by molar-refractivity contribution is 5.96. The summed E-state index contributed by atoms with van der Waals surface area (Å²) in [5.41, 5.74) is -0.0599. The topological polar surface area (TPSA) is 39.2 Å². The Kier molecular flexibility index (Phi) is 3.74. The molecular formula is C14H10F3NO2. The van der Waals surface area contributed by atoms with E-state index in [1.807, 2.05) is 0 Å². The highest BCUT2D eigenvalue weighted by Crippen LogP contribution is 2.32. The molecular weight excluding hydrogens is 271 g/mol. The first-order valence-electron chi connectivity index (χ1n) is 5.63. The Morgan fingerprint density at radius 3 is 2.65 bits per heavy atom. The zero-order valence-corrected chi connectivity index (χ0v) is 10.4. The van der Waals surface area contributed by atoms with Gasteiger partial charge >= 0.3 is 12.1 Å². The number of carbonyl (C=O) groups excluding carboxylic acids is 1. The van der Waals surface area contributed by atoms with Gasteiger partial charge in [0, 0.05) is 18.0 Å². The molecule has 0 aliphatic carbocycles. The van der Waals surface area contributed by atoms with Gasteiger partial charge in [-0.2, -0.15) is 13.2 Å². The molecule has 1 heterocycles. The summed E-state index contributed by atoms with van der Waals surface area (Å²) in [5.74, 6) is -0.625. The van der Waals surface area contributed by atoms with Crippen molar-refractivity contribution in [2.45, 2.75) is 6.18 Å². The number of hydrogen-bond acceptors (Lipinski definition) is 3. The van der Waals surface area contributed by atoms with Crippen LogP contribution in [0.4, 0.5) is 13.2 Å². The zero-order valence-electron chi connectivity index (χ0n) is 10.4. The molecule has 0 saturated heterocycles. The van der Waals surface area contributed by atoms with Crippen molar-refractivity contribution in [2.24, 2.45) is 0 Å². The number of alkyl halides is 3. The Morgan fingerprint density at radius 1 is 1.25 bits per heavy atom. The molecule has 104 valence electrons. The van der Waals surface area contributed by atoms with Gasteiger partial charge in [-0.25, -0.2) is 4.79 Å². The number of rotatable bonds is 2. The number of nitrogens with zero attached hydrogens (tertiary/aromatic N) is 1. The maximum Gasteiger partial charge on any atom is 0.416 e. The first kappa shape index (κ1) is 14.0. The Morgan fingerprint density at radius 2 is 2.00 bits per heavy atom. The molecule has 3 nitrogen and oxygen atoms in total. The molecule has 0 aliphatic heterocycles. The van der Waals surface area contributed by atoms with Gasteiger partial charge in [-0.1, -0.05) is 12.1 Å². The molecule has 0 bridgehead atoms. The van der Waals surface area contributed by atoms with Crippen molar-refractivity contribution in [1.82, 2.24) is 4.98 Å². The highest BCUT2D eigenvalue weighted by atomic mass is 19.4. The Hall–Kier alpha value is -2.37. The molecule has 0 aliphatic rings. The minimum atomic E-state index is -4.44. The van der Waals surface area contributed by atoms with Gasteiger partial charge in [0.15, 0.2) is 0 Å². The molecule has 0 unspecified atom stereocenters. The fraction of sp³-hybridized carbons (Fsp3) is 0.143. The van der Waals surface area contributed by atoms with E-state index < -0.39 is 17.7 Å². The first-order valence-corrected chi connectivity index (χ1v) is 5.63. The lowest BCUT2D eigenvalue weighted by atomic mass is 10.00. The second kappa shape index (κ2) is 5.32. The van der Waals surface area contributed by atoms with Crippen molar-refractivity contribution in [2.75, 3.05) is 7.11 Å². The second-order valence-electron chi connectivity index (χ2n) is 3.99. The van der Waals surface area contributed by atoms with Gasteiger partial charge in [0.2, 0.25) is 0 Å². The van der Waals surface area contributed by atoms with Gasteiger partial charge in [-0.15, -0.1) is 0 Å². The molecule has 0 atom stereocenters. The SMILES string of the molecule is COC(=O)c1ccncc1-c1cccc(C(F)(F)F)c1. The number of carbonyl (C=O) groups is 1. The molecule has 0 amide bonds. The average molecular weight is 281 g/mol. The van der Waals surface area contributed by atoms with Crippen molar-refractivity contribution in [3.05, 3.63) is 53.9 Å². The number of methoxy groups -OCH3 is 1. The van der Waals surface area contributed by atoms with Gasteiger partial charge < -0.3 is 4.74 Å². The van der Waals surface area contributed by atoms with Gasteiger partial charge in [0.25, 0.3) is 0 Å². The normalized spacial score (nSPS) is 11.2. The number of ether oxygens (including phenoxy) is 1. The van der Waals surface area contributed by atoms with E-state index >= 15 is 0 Å². The van der Waals surface area contributed by atoms with Crippen LogP contribution < -0.4 is 0 Å². The second-order valence-corrected chi connectivity index (χ2v) is 3.99. The maximum absolute atomic E-state index is 12.7. The molecule has 0 saturated carbocycles. The number of aromatic nitrogens is 1. The van der Waals surface area contributed by atoms with E-state index in [9.17, 15) is 18.0 Å². The van der Waals surface area contributed by atoms with E-state index in [0.717, 1.165) is 12.1 Å². The van der Waals surface area contributed by atoms with Crippen molar-refractivity contribution in [3.63, 3.8) is 0 Å². The van der Waals surface area contributed by atoms with Crippen LogP contribution in [0.3, 0.4) is 0 Å². The van der Waals surface area contributed by atoms with Crippen molar-refractivity contribution < 1.29 is 22.7 Å². The number of pyridine rings is 1. The lowest BCUT2D eigenvalue weighted by Gasteiger charge is -2.10. The summed E-state index contributed by atoms with van der Waals surface area (Å²) in [6, 6.07) is 6.12. The molecule has 1 aromatic heterocycles. The summed E-state index contributed by atoms with van der Waals surface area (Å²) in [4.78, 5) is 15.5. The molecule has 20 heavy (non-hydrogen) atoms. The lowest BCUT2D eigenvalue weighted by molar-refractivity contribution is -0.137. The average Bonchev–Trinajstić information content (AvgIpc) is 2.45. The predicted octanol–water partition coefficient (Wildman–Crippen LogP) is 3.55. The first-order chi connectivity index (χ1) is 9.43. The summed E-state index contributed by atoms with van der Waals surface area (Å²) >= 11 is 0. The summed E-state index contributed by atoms with van der Waals surface area (Å²) in [7, 11) is 1.21. The van der Waals surface area contributed by atoms with Gasteiger partial charge in [0.05, 0.1) is 18.2 Å². The summed E-state index contributed by atoms with van der Waals surface area (Å²) < 4.78 is 42.7. The zero-order chi connectivity index (χ0) is 14.8. The Bertz CT molecular complexity index is 638. The van der Waals surface area contributed by atoms with Gasteiger partial charge in [-0.3, -0.25) is 4.98 Å². The van der Waals surface area contributed by atoms with Crippen LogP contribution in [0.2, 0.25) is 0 Å². The third kappa shape index (κ3) is 2.79. The molecule has 2 rings (SSSR count). The van der Waals surface area contributed by atoms with Crippen molar-refractivity contribution >= 4 is 5.97 Å². The van der Waals surface area contributed by atoms with Gasteiger partial charge in [-0.05, 0) is 23.8 Å². The quantitative estimate of drug-likeness (QED) is 0.790. The smallest absolute Gasteiger partial charge is 0.416 e. The van der Waals surface area contributed by atoms with Gasteiger partial charge in [0.1, 0.15) is 0 Å². The minimum Gasteiger partial charge on any atom is -0.465 e. The van der Waals surface area contributed by atoms with E-state index in [4.69, 9.17) is 0 Å². The number of halogens is 3. The molecule has 0 radical (unpaired) electrons. The van der Waals surface area contributed by atoms with Crippen molar-refractivity contribution in [3.8, 4) is 11.1 Å². The summed E-state index contributed by atoms with van der Waals surface area (Å²) in [6.07, 6.45) is -1.73. The molecule has 0 spiro atoms. The van der Waals surface area contributed by atoms with Crippen molar-refractivity contribution in [1.29, 1.82) is 0 Å². The third-order valence-electron chi connectivity index (χ3n) is 2.73. The van der Waals surface area contributed by atoms with Crippen LogP contribution >= 0.6 is 0 Å². The van der Waals surface area contributed by atoms with E-state index in [1.54, 1.807) is 0 Å². The monoisotopic (exact) mass is 281 g/mol. The third-order valence-corrected chi connectivity index (χ3v) is 2.73. The molecule has 6 heteroatoms. The minimum absolute atomic E-state index is 0.168. The molecule has 0 N–H and O–H groups in total. The van der Waals surface area contributed by atoms with Crippen LogP contribution in [-0.2, 0) is 10.9 Å².